The van der Waals surface area contributed by atoms with Crippen molar-refractivity contribution < 1.29 is 4.74 Å². The van der Waals surface area contributed by atoms with Crippen LogP contribution in [0.15, 0.2) is 120 Å². The molecule has 0 saturated heterocycles. The summed E-state index contributed by atoms with van der Waals surface area (Å²) in [5.41, 5.74) is 4.73. The van der Waals surface area contributed by atoms with Crippen LogP contribution in [0.4, 0.5) is 0 Å². The van der Waals surface area contributed by atoms with Gasteiger partial charge in [0.05, 0.1) is 6.04 Å². The van der Waals surface area contributed by atoms with Crippen LogP contribution in [0.5, 0.6) is 5.75 Å². The third-order valence-electron chi connectivity index (χ3n) is 5.45. The fraction of sp³-hybridized carbons (Fsp3) is 0.138. The van der Waals surface area contributed by atoms with Crippen molar-refractivity contribution in [3.05, 3.63) is 138 Å². The number of aliphatic imine (C=N–C) groups is 1. The molecule has 0 fully saturated rings. The highest BCUT2D eigenvalue weighted by molar-refractivity contribution is 5.80. The van der Waals surface area contributed by atoms with Crippen molar-refractivity contribution in [3.8, 4) is 5.75 Å². The number of hydrogen-bond donors (Lipinski definition) is 0. The van der Waals surface area contributed by atoms with Gasteiger partial charge in [-0.3, -0.25) is 4.99 Å². The van der Waals surface area contributed by atoms with Gasteiger partial charge in [-0.15, -0.1) is 0 Å². The van der Waals surface area contributed by atoms with E-state index in [1.165, 1.54) is 11.1 Å². The third-order valence-corrected chi connectivity index (χ3v) is 5.45. The van der Waals surface area contributed by atoms with E-state index in [9.17, 15) is 0 Å². The molecular weight excluding hydrogens is 378 g/mol. The van der Waals surface area contributed by atoms with Crippen molar-refractivity contribution in [1.29, 1.82) is 0 Å². The minimum absolute atomic E-state index is 0.0533. The predicted molar refractivity (Wildman–Crippen MR) is 129 cm³/mol. The van der Waals surface area contributed by atoms with E-state index in [4.69, 9.17) is 9.73 Å². The lowest BCUT2D eigenvalue weighted by molar-refractivity contribution is 0.306. The van der Waals surface area contributed by atoms with Gasteiger partial charge in [-0.2, -0.15) is 0 Å². The van der Waals surface area contributed by atoms with Crippen molar-refractivity contribution in [2.45, 2.75) is 25.5 Å². The smallest absolute Gasteiger partial charge is 0.119 e. The number of benzene rings is 4. The Bertz CT molecular complexity index is 1070. The zero-order valence-corrected chi connectivity index (χ0v) is 17.8. The molecule has 0 heterocycles. The maximum Gasteiger partial charge on any atom is 0.119 e. The Balaban J connectivity index is 1.48. The SMILES string of the molecule is CC(c1ccccc1)C(/N=C\c1ccc(OCc2ccccc2)cc1)c1ccccc1. The van der Waals surface area contributed by atoms with E-state index in [1.807, 2.05) is 42.6 Å². The van der Waals surface area contributed by atoms with Crippen molar-refractivity contribution in [2.75, 3.05) is 0 Å². The van der Waals surface area contributed by atoms with Crippen LogP contribution in [0.25, 0.3) is 0 Å². The molecule has 0 aliphatic carbocycles. The lowest BCUT2D eigenvalue weighted by Crippen LogP contribution is -2.07. The Hall–Kier alpha value is -3.65. The number of ether oxygens (including phenoxy) is 1. The molecule has 4 rings (SSSR count). The van der Waals surface area contributed by atoms with Crippen LogP contribution >= 0.6 is 0 Å². The molecule has 4 aromatic rings. The molecule has 0 aromatic heterocycles. The van der Waals surface area contributed by atoms with Crippen molar-refractivity contribution >= 4 is 6.21 Å². The normalized spacial score (nSPS) is 13.1. The van der Waals surface area contributed by atoms with Crippen molar-refractivity contribution in [3.63, 3.8) is 0 Å². The zero-order valence-electron chi connectivity index (χ0n) is 17.8. The van der Waals surface area contributed by atoms with E-state index in [0.717, 1.165) is 16.9 Å². The summed E-state index contributed by atoms with van der Waals surface area (Å²) in [7, 11) is 0. The van der Waals surface area contributed by atoms with Gasteiger partial charge in [0, 0.05) is 12.1 Å². The van der Waals surface area contributed by atoms with Crippen LogP contribution in [0.3, 0.4) is 0 Å². The molecule has 4 aromatic carbocycles. The van der Waals surface area contributed by atoms with Gasteiger partial charge in [-0.25, -0.2) is 0 Å². The quantitative estimate of drug-likeness (QED) is 0.283. The Morgan fingerprint density at radius 2 is 1.23 bits per heavy atom. The van der Waals surface area contributed by atoms with E-state index in [2.05, 4.69) is 85.8 Å². The van der Waals surface area contributed by atoms with Gasteiger partial charge in [0.2, 0.25) is 0 Å². The molecule has 0 radical (unpaired) electrons. The minimum Gasteiger partial charge on any atom is -0.489 e. The second-order valence-electron chi connectivity index (χ2n) is 7.68. The van der Waals surface area contributed by atoms with E-state index in [1.54, 1.807) is 0 Å². The lowest BCUT2D eigenvalue weighted by atomic mass is 9.89. The molecule has 0 N–H and O–H groups in total. The second-order valence-corrected chi connectivity index (χ2v) is 7.68. The summed E-state index contributed by atoms with van der Waals surface area (Å²) in [6, 6.07) is 39.5. The first kappa shape index (κ1) is 20.6. The van der Waals surface area contributed by atoms with Crippen LogP contribution in [-0.4, -0.2) is 6.21 Å². The summed E-state index contributed by atoms with van der Waals surface area (Å²) in [5.74, 6) is 1.13. The average molecular weight is 406 g/mol. The summed E-state index contributed by atoms with van der Waals surface area (Å²) in [4.78, 5) is 5.00. The first-order chi connectivity index (χ1) is 15.3. The van der Waals surface area contributed by atoms with Gasteiger partial charge in [-0.1, -0.05) is 97.9 Å². The first-order valence-corrected chi connectivity index (χ1v) is 10.7. The Morgan fingerprint density at radius 3 is 1.84 bits per heavy atom. The van der Waals surface area contributed by atoms with Crippen molar-refractivity contribution in [1.82, 2.24) is 0 Å². The predicted octanol–water partition coefficient (Wildman–Crippen LogP) is 7.23. The van der Waals surface area contributed by atoms with E-state index in [-0.39, 0.29) is 12.0 Å². The summed E-state index contributed by atoms with van der Waals surface area (Å²) in [6.07, 6.45) is 1.97. The zero-order chi connectivity index (χ0) is 21.3. The van der Waals surface area contributed by atoms with Gasteiger partial charge < -0.3 is 4.74 Å². The molecule has 2 atom stereocenters. The topological polar surface area (TPSA) is 21.6 Å². The van der Waals surface area contributed by atoms with Crippen LogP contribution in [0, 0.1) is 0 Å². The molecule has 2 nitrogen and oxygen atoms in total. The van der Waals surface area contributed by atoms with Crippen LogP contribution in [0.1, 0.15) is 41.1 Å². The maximum atomic E-state index is 5.89. The average Bonchev–Trinajstić information content (AvgIpc) is 2.85. The molecular formula is C29H27NO. The molecule has 0 aliphatic rings. The number of rotatable bonds is 8. The number of hydrogen-bond acceptors (Lipinski definition) is 2. The highest BCUT2D eigenvalue weighted by Gasteiger charge is 2.19. The highest BCUT2D eigenvalue weighted by atomic mass is 16.5. The number of nitrogens with zero attached hydrogens (tertiary/aromatic N) is 1. The van der Waals surface area contributed by atoms with Gasteiger partial charge >= 0.3 is 0 Å². The standard InChI is InChI=1S/C29H27NO/c1-23(26-13-7-3-8-14-26)29(27-15-9-4-10-16-27)30-21-24-17-19-28(20-18-24)31-22-25-11-5-2-6-12-25/h2-21,23,29H,22H2,1H3/b30-21-. The lowest BCUT2D eigenvalue weighted by Gasteiger charge is -2.21. The highest BCUT2D eigenvalue weighted by Crippen LogP contribution is 2.33. The van der Waals surface area contributed by atoms with E-state index < -0.39 is 0 Å². The monoisotopic (exact) mass is 405 g/mol. The molecule has 154 valence electrons. The third kappa shape index (κ3) is 5.70. The molecule has 0 bridgehead atoms. The second kappa shape index (κ2) is 10.4. The molecule has 2 unspecified atom stereocenters. The van der Waals surface area contributed by atoms with Gasteiger partial charge in [0.25, 0.3) is 0 Å². The summed E-state index contributed by atoms with van der Waals surface area (Å²) >= 11 is 0. The van der Waals surface area contributed by atoms with Crippen LogP contribution in [-0.2, 0) is 6.61 Å². The van der Waals surface area contributed by atoms with Crippen molar-refractivity contribution in [2.24, 2.45) is 4.99 Å². The fourth-order valence-corrected chi connectivity index (χ4v) is 3.65. The van der Waals surface area contributed by atoms with Crippen LogP contribution in [0.2, 0.25) is 0 Å². The Labute approximate surface area is 184 Å². The van der Waals surface area contributed by atoms with Gasteiger partial charge in [-0.05, 0) is 46.5 Å². The maximum absolute atomic E-state index is 5.89. The summed E-state index contributed by atoms with van der Waals surface area (Å²) in [6.45, 7) is 2.81. The first-order valence-electron chi connectivity index (χ1n) is 10.7. The Kier molecular flexibility index (Phi) is 6.92. The summed E-state index contributed by atoms with van der Waals surface area (Å²) < 4.78 is 5.89. The minimum atomic E-state index is 0.0533. The van der Waals surface area contributed by atoms with E-state index >= 15 is 0 Å². The summed E-state index contributed by atoms with van der Waals surface area (Å²) in [5, 5.41) is 0. The van der Waals surface area contributed by atoms with Gasteiger partial charge in [0.1, 0.15) is 12.4 Å². The molecule has 0 aliphatic heterocycles. The fourth-order valence-electron chi connectivity index (χ4n) is 3.65. The van der Waals surface area contributed by atoms with E-state index in [0.29, 0.717) is 6.61 Å². The molecule has 0 amide bonds. The largest absolute Gasteiger partial charge is 0.489 e. The molecule has 0 spiro atoms. The molecule has 2 heteroatoms. The molecule has 31 heavy (non-hydrogen) atoms. The van der Waals surface area contributed by atoms with Gasteiger partial charge in [0.15, 0.2) is 0 Å². The molecule has 0 saturated carbocycles. The van der Waals surface area contributed by atoms with Crippen LogP contribution < -0.4 is 4.74 Å². The Morgan fingerprint density at radius 1 is 0.677 bits per heavy atom.